The van der Waals surface area contributed by atoms with Crippen LogP contribution >= 0.6 is 0 Å². The number of primary amides is 1. The smallest absolute Gasteiger partial charge is 0.322 e. The van der Waals surface area contributed by atoms with Crippen LogP contribution in [-0.4, -0.2) is 32.9 Å². The number of pyridine rings is 1. The van der Waals surface area contributed by atoms with Crippen molar-refractivity contribution in [2.75, 3.05) is 11.9 Å². The van der Waals surface area contributed by atoms with Crippen LogP contribution in [0.4, 0.5) is 10.5 Å². The Morgan fingerprint density at radius 1 is 1.20 bits per heavy atom. The Morgan fingerprint density at radius 3 is 2.60 bits per heavy atom. The predicted molar refractivity (Wildman–Crippen MR) is 112 cm³/mol. The third-order valence-electron chi connectivity index (χ3n) is 5.19. The van der Waals surface area contributed by atoms with Crippen LogP contribution < -0.4 is 11.1 Å². The molecule has 1 aliphatic rings. The first-order valence-corrected chi connectivity index (χ1v) is 9.48. The molecule has 1 aliphatic heterocycles. The Hall–Kier alpha value is -4.12. The second kappa shape index (κ2) is 7.72. The molecule has 0 atom stereocenters. The van der Waals surface area contributed by atoms with E-state index in [0.29, 0.717) is 30.2 Å². The normalized spacial score (nSPS) is 12.7. The van der Waals surface area contributed by atoms with Crippen LogP contribution in [0.2, 0.25) is 0 Å². The molecule has 0 saturated heterocycles. The highest BCUT2D eigenvalue weighted by molar-refractivity contribution is 6.00. The van der Waals surface area contributed by atoms with Crippen molar-refractivity contribution in [3.63, 3.8) is 0 Å². The number of nitrogens with two attached hydrogens (primary N) is 1. The summed E-state index contributed by atoms with van der Waals surface area (Å²) in [5.41, 5.74) is 9.67. The molecule has 0 saturated carbocycles. The molecular weight excluding hydrogens is 380 g/mol. The molecule has 3 heterocycles. The second-order valence-corrected chi connectivity index (χ2v) is 7.13. The van der Waals surface area contributed by atoms with Crippen molar-refractivity contribution in [1.82, 2.24) is 14.5 Å². The Labute approximate surface area is 173 Å². The number of aromatic nitrogens is 2. The molecule has 150 valence electrons. The van der Waals surface area contributed by atoms with Gasteiger partial charge in [-0.25, -0.2) is 4.79 Å². The number of hydrogen-bond donors (Lipinski definition) is 2. The summed E-state index contributed by atoms with van der Waals surface area (Å²) in [5, 5.41) is 12.6. The highest BCUT2D eigenvalue weighted by Gasteiger charge is 2.32. The maximum absolute atomic E-state index is 12.8. The lowest BCUT2D eigenvalue weighted by Gasteiger charge is -2.30. The third kappa shape index (κ3) is 3.37. The molecule has 3 aromatic rings. The van der Waals surface area contributed by atoms with E-state index >= 15 is 0 Å². The standard InChI is InChI=1S/C22H20N6O2/c1-14-4-6-16(7-5-14)26-22(30)27-9-10-28-18(13-27)19(21(24)29)17(11-23)20(28)15-3-2-8-25-12-15/h2-8,12H,9-10,13H2,1H3,(H2,24,29)(H,26,30). The van der Waals surface area contributed by atoms with Crippen molar-refractivity contribution in [2.45, 2.75) is 20.0 Å². The molecule has 0 radical (unpaired) electrons. The van der Waals surface area contributed by atoms with Crippen molar-refractivity contribution in [1.29, 1.82) is 5.26 Å². The van der Waals surface area contributed by atoms with Crippen molar-refractivity contribution in [3.05, 3.63) is 71.2 Å². The van der Waals surface area contributed by atoms with Crippen LogP contribution in [0.5, 0.6) is 0 Å². The van der Waals surface area contributed by atoms with Gasteiger partial charge in [0, 0.05) is 36.7 Å². The molecule has 0 bridgehead atoms. The van der Waals surface area contributed by atoms with E-state index < -0.39 is 5.91 Å². The lowest BCUT2D eigenvalue weighted by atomic mass is 10.1. The Bertz CT molecular complexity index is 1160. The lowest BCUT2D eigenvalue weighted by molar-refractivity contribution is 0.0997. The average molecular weight is 400 g/mol. The van der Waals surface area contributed by atoms with Gasteiger partial charge < -0.3 is 20.5 Å². The molecule has 0 fully saturated rings. The number of rotatable bonds is 3. The zero-order valence-corrected chi connectivity index (χ0v) is 16.4. The number of fused-ring (bicyclic) bond motifs is 1. The van der Waals surface area contributed by atoms with Gasteiger partial charge in [-0.15, -0.1) is 0 Å². The van der Waals surface area contributed by atoms with Gasteiger partial charge in [0.1, 0.15) is 6.07 Å². The Morgan fingerprint density at radius 2 is 1.97 bits per heavy atom. The number of aryl methyl sites for hydroxylation is 1. The number of nitrogens with one attached hydrogen (secondary N) is 1. The number of nitrogens with zero attached hydrogens (tertiary/aromatic N) is 4. The van der Waals surface area contributed by atoms with Gasteiger partial charge in [-0.2, -0.15) is 5.26 Å². The van der Waals surface area contributed by atoms with E-state index in [-0.39, 0.29) is 23.7 Å². The minimum Gasteiger partial charge on any atom is -0.366 e. The molecule has 30 heavy (non-hydrogen) atoms. The molecule has 0 spiro atoms. The van der Waals surface area contributed by atoms with E-state index in [1.807, 2.05) is 41.8 Å². The van der Waals surface area contributed by atoms with Crippen molar-refractivity contribution >= 4 is 17.6 Å². The highest BCUT2D eigenvalue weighted by Crippen LogP contribution is 2.33. The first-order chi connectivity index (χ1) is 14.5. The van der Waals surface area contributed by atoms with Gasteiger partial charge in [-0.3, -0.25) is 9.78 Å². The zero-order valence-electron chi connectivity index (χ0n) is 16.4. The summed E-state index contributed by atoms with van der Waals surface area (Å²) >= 11 is 0. The molecule has 0 aliphatic carbocycles. The monoisotopic (exact) mass is 400 g/mol. The maximum Gasteiger partial charge on any atom is 0.322 e. The van der Waals surface area contributed by atoms with Crippen LogP contribution in [0.3, 0.4) is 0 Å². The first-order valence-electron chi connectivity index (χ1n) is 9.48. The van der Waals surface area contributed by atoms with Crippen molar-refractivity contribution in [3.8, 4) is 17.3 Å². The van der Waals surface area contributed by atoms with Crippen LogP contribution in [0.1, 0.15) is 27.2 Å². The Kier molecular flexibility index (Phi) is 4.94. The quantitative estimate of drug-likeness (QED) is 0.703. The number of carbonyl (C=O) groups is 2. The summed E-state index contributed by atoms with van der Waals surface area (Å²) in [4.78, 5) is 30.7. The summed E-state index contributed by atoms with van der Waals surface area (Å²) < 4.78 is 1.89. The summed E-state index contributed by atoms with van der Waals surface area (Å²) in [6, 6.07) is 13.0. The van der Waals surface area contributed by atoms with E-state index in [1.165, 1.54) is 0 Å². The number of hydrogen-bond acceptors (Lipinski definition) is 4. The number of carbonyl (C=O) groups excluding carboxylic acids is 2. The summed E-state index contributed by atoms with van der Waals surface area (Å²) in [6.07, 6.45) is 3.28. The molecule has 4 rings (SSSR count). The fraction of sp³-hybridized carbons (Fsp3) is 0.182. The summed E-state index contributed by atoms with van der Waals surface area (Å²) in [6.45, 7) is 3.01. The molecule has 8 heteroatoms. The fourth-order valence-corrected chi connectivity index (χ4v) is 3.75. The summed E-state index contributed by atoms with van der Waals surface area (Å²) in [5.74, 6) is -0.689. The van der Waals surface area contributed by atoms with Gasteiger partial charge in [0.05, 0.1) is 29.1 Å². The third-order valence-corrected chi connectivity index (χ3v) is 5.19. The van der Waals surface area contributed by atoms with Crippen LogP contribution in [0.15, 0.2) is 48.8 Å². The fourth-order valence-electron chi connectivity index (χ4n) is 3.75. The molecule has 3 amide bonds. The Balaban J connectivity index is 1.70. The predicted octanol–water partition coefficient (Wildman–Crippen LogP) is 2.88. The van der Waals surface area contributed by atoms with Gasteiger partial charge >= 0.3 is 6.03 Å². The molecule has 3 N–H and O–H groups in total. The van der Waals surface area contributed by atoms with Gasteiger partial charge in [0.2, 0.25) is 0 Å². The lowest BCUT2D eigenvalue weighted by Crippen LogP contribution is -2.41. The maximum atomic E-state index is 12.8. The molecule has 1 aromatic carbocycles. The molecular formula is C22H20N6O2. The zero-order chi connectivity index (χ0) is 21.3. The molecule has 8 nitrogen and oxygen atoms in total. The van der Waals surface area contributed by atoms with Crippen LogP contribution in [0.25, 0.3) is 11.3 Å². The molecule has 0 unspecified atom stereocenters. The molecule has 2 aromatic heterocycles. The topological polar surface area (TPSA) is 117 Å². The van der Waals surface area contributed by atoms with E-state index in [0.717, 1.165) is 11.1 Å². The number of amides is 3. The van der Waals surface area contributed by atoms with Crippen LogP contribution in [0, 0.1) is 18.3 Å². The number of urea groups is 1. The SMILES string of the molecule is Cc1ccc(NC(=O)N2CCn3c(c(C(N)=O)c(C#N)c3-c3cccnc3)C2)cc1. The van der Waals surface area contributed by atoms with Gasteiger partial charge in [0.25, 0.3) is 5.91 Å². The minimum absolute atomic E-state index is 0.157. The number of benzene rings is 1. The average Bonchev–Trinajstić information content (AvgIpc) is 3.09. The van der Waals surface area contributed by atoms with Gasteiger partial charge in [-0.05, 0) is 31.2 Å². The first kappa shape index (κ1) is 19.2. The summed E-state index contributed by atoms with van der Waals surface area (Å²) in [7, 11) is 0. The van der Waals surface area contributed by atoms with Crippen molar-refractivity contribution in [2.24, 2.45) is 5.73 Å². The van der Waals surface area contributed by atoms with E-state index in [1.54, 1.807) is 23.4 Å². The van der Waals surface area contributed by atoms with E-state index in [4.69, 9.17) is 5.73 Å². The van der Waals surface area contributed by atoms with E-state index in [9.17, 15) is 14.9 Å². The van der Waals surface area contributed by atoms with Gasteiger partial charge in [-0.1, -0.05) is 17.7 Å². The number of nitriles is 1. The van der Waals surface area contributed by atoms with E-state index in [2.05, 4.69) is 16.4 Å². The van der Waals surface area contributed by atoms with Gasteiger partial charge in [0.15, 0.2) is 0 Å². The second-order valence-electron chi connectivity index (χ2n) is 7.13. The van der Waals surface area contributed by atoms with Crippen molar-refractivity contribution < 1.29 is 9.59 Å². The number of anilines is 1. The highest BCUT2D eigenvalue weighted by atomic mass is 16.2. The minimum atomic E-state index is -0.689. The van der Waals surface area contributed by atoms with Crippen LogP contribution in [-0.2, 0) is 13.1 Å². The largest absolute Gasteiger partial charge is 0.366 e.